The largest absolute Gasteiger partial charge is 0.507 e. The SMILES string of the molecule is COC(=O)CC(c1sc(N(C)C)nc1C)c1c(O)cc(C)[nH]c1=O. The zero-order valence-corrected chi connectivity index (χ0v) is 15.2. The molecular formula is C16H21N3O4S. The molecule has 0 saturated carbocycles. The van der Waals surface area contributed by atoms with E-state index in [1.54, 1.807) is 6.92 Å². The number of carbonyl (C=O) groups is 1. The number of aromatic amines is 1. The Balaban J connectivity index is 2.62. The Morgan fingerprint density at radius 2 is 2.12 bits per heavy atom. The van der Waals surface area contributed by atoms with Gasteiger partial charge in [-0.2, -0.15) is 0 Å². The number of thiazole rings is 1. The Morgan fingerprint density at radius 1 is 1.46 bits per heavy atom. The molecule has 0 aliphatic heterocycles. The summed E-state index contributed by atoms with van der Waals surface area (Å²) in [5.74, 6) is -1.21. The fourth-order valence-electron chi connectivity index (χ4n) is 2.50. The number of aromatic hydroxyl groups is 1. The minimum absolute atomic E-state index is 0.0495. The molecule has 8 heteroatoms. The molecule has 0 aliphatic carbocycles. The number of nitrogens with one attached hydrogen (secondary N) is 1. The smallest absolute Gasteiger partial charge is 0.306 e. The minimum Gasteiger partial charge on any atom is -0.507 e. The minimum atomic E-state index is -0.618. The number of rotatable bonds is 5. The van der Waals surface area contributed by atoms with E-state index in [9.17, 15) is 14.7 Å². The molecule has 1 atom stereocenters. The average molecular weight is 351 g/mol. The molecule has 2 heterocycles. The Hall–Kier alpha value is -2.35. The quantitative estimate of drug-likeness (QED) is 0.799. The molecule has 0 fully saturated rings. The Bertz CT molecular complexity index is 810. The lowest BCUT2D eigenvalue weighted by molar-refractivity contribution is -0.140. The van der Waals surface area contributed by atoms with Crippen molar-refractivity contribution in [1.82, 2.24) is 9.97 Å². The number of pyridine rings is 1. The van der Waals surface area contributed by atoms with Crippen molar-refractivity contribution in [3.8, 4) is 5.75 Å². The van der Waals surface area contributed by atoms with E-state index in [1.165, 1.54) is 24.5 Å². The van der Waals surface area contributed by atoms with Gasteiger partial charge in [-0.3, -0.25) is 9.59 Å². The number of hydrogen-bond acceptors (Lipinski definition) is 7. The van der Waals surface area contributed by atoms with Gasteiger partial charge >= 0.3 is 5.97 Å². The van der Waals surface area contributed by atoms with Crippen molar-refractivity contribution in [3.63, 3.8) is 0 Å². The molecule has 0 radical (unpaired) electrons. The molecule has 2 rings (SSSR count). The van der Waals surface area contributed by atoms with Crippen molar-refractivity contribution < 1.29 is 14.6 Å². The van der Waals surface area contributed by atoms with E-state index < -0.39 is 17.4 Å². The lowest BCUT2D eigenvalue weighted by atomic mass is 9.93. The maximum absolute atomic E-state index is 12.4. The van der Waals surface area contributed by atoms with Crippen LogP contribution in [0.4, 0.5) is 5.13 Å². The standard InChI is InChI=1S/C16H21N3O4S/c1-8-6-11(20)13(15(22)17-8)10(7-12(21)23-5)14-9(2)18-16(24-14)19(3)4/h6,10H,7H2,1-5H3,(H2,17,20,22). The Morgan fingerprint density at radius 3 is 2.62 bits per heavy atom. The lowest BCUT2D eigenvalue weighted by Gasteiger charge is -2.16. The number of anilines is 1. The van der Waals surface area contributed by atoms with Gasteiger partial charge in [-0.25, -0.2) is 4.98 Å². The summed E-state index contributed by atoms with van der Waals surface area (Å²) in [6.07, 6.45) is -0.0495. The van der Waals surface area contributed by atoms with Crippen molar-refractivity contribution in [1.29, 1.82) is 0 Å². The molecule has 7 nitrogen and oxygen atoms in total. The number of hydrogen-bond donors (Lipinski definition) is 2. The zero-order chi connectivity index (χ0) is 18.0. The van der Waals surface area contributed by atoms with Crippen LogP contribution in [0.3, 0.4) is 0 Å². The number of carbonyl (C=O) groups excluding carboxylic acids is 1. The molecule has 2 aromatic rings. The van der Waals surface area contributed by atoms with Crippen molar-refractivity contribution in [2.75, 3.05) is 26.1 Å². The van der Waals surface area contributed by atoms with Gasteiger partial charge in [-0.1, -0.05) is 0 Å². The number of methoxy groups -OCH3 is 1. The molecule has 0 aromatic carbocycles. The first-order chi connectivity index (χ1) is 11.2. The average Bonchev–Trinajstić information content (AvgIpc) is 2.87. The van der Waals surface area contributed by atoms with Gasteiger partial charge in [0.1, 0.15) is 5.75 Å². The highest BCUT2D eigenvalue weighted by Crippen LogP contribution is 2.38. The third kappa shape index (κ3) is 3.59. The highest BCUT2D eigenvalue weighted by atomic mass is 32.1. The van der Waals surface area contributed by atoms with Gasteiger partial charge in [0.25, 0.3) is 5.56 Å². The molecule has 0 saturated heterocycles. The molecule has 24 heavy (non-hydrogen) atoms. The summed E-state index contributed by atoms with van der Waals surface area (Å²) < 4.78 is 4.76. The van der Waals surface area contributed by atoms with Crippen LogP contribution in [-0.4, -0.2) is 42.2 Å². The highest BCUT2D eigenvalue weighted by Gasteiger charge is 2.29. The number of aryl methyl sites for hydroxylation is 2. The van der Waals surface area contributed by atoms with Crippen LogP contribution in [0.1, 0.15) is 34.2 Å². The van der Waals surface area contributed by atoms with E-state index in [0.29, 0.717) is 5.69 Å². The monoisotopic (exact) mass is 351 g/mol. The summed E-state index contributed by atoms with van der Waals surface area (Å²) in [7, 11) is 5.03. The summed E-state index contributed by atoms with van der Waals surface area (Å²) in [6.45, 7) is 3.50. The van der Waals surface area contributed by atoms with Crippen LogP contribution in [0.2, 0.25) is 0 Å². The molecule has 2 N–H and O–H groups in total. The fraction of sp³-hybridized carbons (Fsp3) is 0.438. The summed E-state index contributed by atoms with van der Waals surface area (Å²) in [6, 6.07) is 1.48. The number of H-pyrrole nitrogens is 1. The van der Waals surface area contributed by atoms with E-state index in [1.807, 2.05) is 25.9 Å². The van der Waals surface area contributed by atoms with E-state index in [-0.39, 0.29) is 17.7 Å². The first-order valence-electron chi connectivity index (χ1n) is 7.38. The van der Waals surface area contributed by atoms with Crippen molar-refractivity contribution in [2.45, 2.75) is 26.2 Å². The van der Waals surface area contributed by atoms with E-state index >= 15 is 0 Å². The van der Waals surface area contributed by atoms with Crippen molar-refractivity contribution in [3.05, 3.63) is 38.2 Å². The predicted molar refractivity (Wildman–Crippen MR) is 93.1 cm³/mol. The maximum Gasteiger partial charge on any atom is 0.306 e. The van der Waals surface area contributed by atoms with Crippen LogP contribution in [0.15, 0.2) is 10.9 Å². The number of ether oxygens (including phenoxy) is 1. The normalized spacial score (nSPS) is 12.0. The van der Waals surface area contributed by atoms with Gasteiger partial charge in [0.2, 0.25) is 0 Å². The van der Waals surface area contributed by atoms with Crippen LogP contribution >= 0.6 is 11.3 Å². The van der Waals surface area contributed by atoms with Gasteiger partial charge in [0.05, 0.1) is 24.8 Å². The molecular weight excluding hydrogens is 330 g/mol. The molecule has 0 spiro atoms. The number of nitrogens with zero attached hydrogens (tertiary/aromatic N) is 2. The summed E-state index contributed by atoms with van der Waals surface area (Å²) in [4.78, 5) is 34.0. The highest BCUT2D eigenvalue weighted by molar-refractivity contribution is 7.15. The Kier molecular flexibility index (Phi) is 5.28. The summed E-state index contributed by atoms with van der Waals surface area (Å²) >= 11 is 1.39. The fourth-order valence-corrected chi connectivity index (χ4v) is 3.60. The topological polar surface area (TPSA) is 95.5 Å². The van der Waals surface area contributed by atoms with Crippen molar-refractivity contribution >= 4 is 22.4 Å². The van der Waals surface area contributed by atoms with Gasteiger partial charge in [0, 0.05) is 30.6 Å². The lowest BCUT2D eigenvalue weighted by Crippen LogP contribution is -2.20. The second-order valence-electron chi connectivity index (χ2n) is 5.75. The molecule has 0 amide bonds. The van der Waals surface area contributed by atoms with Crippen LogP contribution in [0.5, 0.6) is 5.75 Å². The molecule has 130 valence electrons. The van der Waals surface area contributed by atoms with Crippen LogP contribution in [0.25, 0.3) is 0 Å². The van der Waals surface area contributed by atoms with Crippen molar-refractivity contribution in [2.24, 2.45) is 0 Å². The molecule has 0 bridgehead atoms. The number of aromatic nitrogens is 2. The first-order valence-corrected chi connectivity index (χ1v) is 8.20. The zero-order valence-electron chi connectivity index (χ0n) is 14.3. The second kappa shape index (κ2) is 7.04. The summed E-state index contributed by atoms with van der Waals surface area (Å²) in [5.41, 5.74) is 1.01. The van der Waals surface area contributed by atoms with Gasteiger partial charge < -0.3 is 19.7 Å². The predicted octanol–water partition coefficient (Wildman–Crippen LogP) is 1.91. The molecule has 0 aliphatic rings. The van der Waals surface area contributed by atoms with Crippen LogP contribution < -0.4 is 10.5 Å². The second-order valence-corrected chi connectivity index (χ2v) is 6.76. The van der Waals surface area contributed by atoms with Crippen LogP contribution in [0, 0.1) is 13.8 Å². The molecule has 2 aromatic heterocycles. The van der Waals surface area contributed by atoms with Crippen LogP contribution in [-0.2, 0) is 9.53 Å². The Labute approximate surface area is 143 Å². The van der Waals surface area contributed by atoms with E-state index in [4.69, 9.17) is 4.74 Å². The third-order valence-electron chi connectivity index (χ3n) is 3.65. The maximum atomic E-state index is 12.4. The first kappa shape index (κ1) is 18.0. The third-order valence-corrected chi connectivity index (χ3v) is 5.09. The number of esters is 1. The van der Waals surface area contributed by atoms with Gasteiger partial charge in [-0.15, -0.1) is 11.3 Å². The van der Waals surface area contributed by atoms with Gasteiger partial charge in [0.15, 0.2) is 5.13 Å². The molecule has 1 unspecified atom stereocenters. The summed E-state index contributed by atoms with van der Waals surface area (Å²) in [5, 5.41) is 11.1. The van der Waals surface area contributed by atoms with E-state index in [0.717, 1.165) is 15.7 Å². The van der Waals surface area contributed by atoms with E-state index in [2.05, 4.69) is 9.97 Å². The van der Waals surface area contributed by atoms with Gasteiger partial charge in [-0.05, 0) is 19.9 Å².